The van der Waals surface area contributed by atoms with Crippen molar-refractivity contribution in [2.24, 2.45) is 5.73 Å². The minimum absolute atomic E-state index is 0.289. The summed E-state index contributed by atoms with van der Waals surface area (Å²) in [7, 11) is 4.32. The molecule has 1 saturated heterocycles. The Balaban J connectivity index is 1.42. The SMILES string of the molecule is CN(C)C1CCN(c2ccc(Nc3c4nccn4nc(N)c3[C@H]3CC[C@H](N)CC3)cc2)C1. The number of anilines is 4. The van der Waals surface area contributed by atoms with Crippen molar-refractivity contribution in [1.82, 2.24) is 19.5 Å². The van der Waals surface area contributed by atoms with Crippen LogP contribution in [0.2, 0.25) is 0 Å². The lowest BCUT2D eigenvalue weighted by Gasteiger charge is -2.29. The van der Waals surface area contributed by atoms with Gasteiger partial charge in [0.1, 0.15) is 5.82 Å². The Morgan fingerprint density at radius 2 is 1.81 bits per heavy atom. The first-order chi connectivity index (χ1) is 15.5. The first-order valence-corrected chi connectivity index (χ1v) is 11.7. The number of nitrogen functional groups attached to an aromatic ring is 1. The topological polar surface area (TPSA) is 101 Å². The molecule has 1 aliphatic carbocycles. The third-order valence-corrected chi connectivity index (χ3v) is 7.18. The van der Waals surface area contributed by atoms with E-state index in [0.717, 1.165) is 61.4 Å². The lowest BCUT2D eigenvalue weighted by Crippen LogP contribution is -2.31. The van der Waals surface area contributed by atoms with Crippen LogP contribution in [0, 0.1) is 0 Å². The van der Waals surface area contributed by atoms with Crippen LogP contribution in [0.4, 0.5) is 22.9 Å². The number of rotatable bonds is 5. The largest absolute Gasteiger partial charge is 0.382 e. The van der Waals surface area contributed by atoms with Gasteiger partial charge < -0.3 is 26.6 Å². The zero-order valence-electron chi connectivity index (χ0n) is 19.0. The molecule has 0 spiro atoms. The molecule has 1 unspecified atom stereocenters. The fourth-order valence-corrected chi connectivity index (χ4v) is 5.22. The number of nitrogens with two attached hydrogens (primary N) is 2. The molecule has 5 rings (SSSR count). The van der Waals surface area contributed by atoms with Gasteiger partial charge in [-0.15, -0.1) is 5.10 Å². The minimum Gasteiger partial charge on any atom is -0.382 e. The monoisotopic (exact) mass is 434 g/mol. The fourth-order valence-electron chi connectivity index (χ4n) is 5.22. The van der Waals surface area contributed by atoms with Gasteiger partial charge in [-0.1, -0.05) is 0 Å². The molecule has 8 heteroatoms. The molecule has 1 aromatic carbocycles. The molecule has 0 bridgehead atoms. The van der Waals surface area contributed by atoms with E-state index in [1.807, 2.05) is 6.20 Å². The van der Waals surface area contributed by atoms with Crippen molar-refractivity contribution in [2.45, 2.75) is 50.1 Å². The van der Waals surface area contributed by atoms with E-state index in [1.165, 1.54) is 12.1 Å². The molecule has 2 aromatic heterocycles. The second-order valence-corrected chi connectivity index (χ2v) is 9.51. The van der Waals surface area contributed by atoms with E-state index < -0.39 is 0 Å². The predicted octanol–water partition coefficient (Wildman–Crippen LogP) is 3.18. The molecule has 8 nitrogen and oxygen atoms in total. The summed E-state index contributed by atoms with van der Waals surface area (Å²) in [6.45, 7) is 2.17. The Morgan fingerprint density at radius 1 is 1.06 bits per heavy atom. The maximum atomic E-state index is 6.47. The van der Waals surface area contributed by atoms with Crippen molar-refractivity contribution in [3.8, 4) is 0 Å². The molecule has 2 fully saturated rings. The van der Waals surface area contributed by atoms with Crippen LogP contribution < -0.4 is 21.7 Å². The van der Waals surface area contributed by atoms with Crippen LogP contribution in [-0.4, -0.2) is 58.8 Å². The van der Waals surface area contributed by atoms with Crippen LogP contribution in [0.15, 0.2) is 36.7 Å². The molecular weight excluding hydrogens is 400 g/mol. The molecule has 1 saturated carbocycles. The molecule has 170 valence electrons. The molecule has 2 aliphatic rings. The van der Waals surface area contributed by atoms with Gasteiger partial charge >= 0.3 is 0 Å². The molecule has 3 aromatic rings. The van der Waals surface area contributed by atoms with Crippen LogP contribution in [-0.2, 0) is 0 Å². The van der Waals surface area contributed by atoms with Gasteiger partial charge in [-0.2, -0.15) is 0 Å². The van der Waals surface area contributed by atoms with E-state index in [4.69, 9.17) is 11.5 Å². The Kier molecular flexibility index (Phi) is 5.65. The summed E-state index contributed by atoms with van der Waals surface area (Å²) in [5.41, 5.74) is 17.8. The van der Waals surface area contributed by atoms with Crippen molar-refractivity contribution < 1.29 is 0 Å². The summed E-state index contributed by atoms with van der Waals surface area (Å²) >= 11 is 0. The van der Waals surface area contributed by atoms with E-state index in [2.05, 4.69) is 63.6 Å². The summed E-state index contributed by atoms with van der Waals surface area (Å²) in [5, 5.41) is 8.20. The summed E-state index contributed by atoms with van der Waals surface area (Å²) in [5.74, 6) is 0.917. The van der Waals surface area contributed by atoms with Gasteiger partial charge in [-0.05, 0) is 76.4 Å². The standard InChI is InChI=1S/C24H34N8/c1-30(2)20-11-13-31(15-20)19-9-7-18(8-10-19)28-22-21(16-3-5-17(25)6-4-16)23(26)29-32-14-12-27-24(22)32/h7-10,12,14,16-17,20,28H,3-6,11,13,15,25H2,1-2H3,(H2,26,29)/t16-,17-,20?. The number of nitrogens with one attached hydrogen (secondary N) is 1. The number of hydrogen-bond acceptors (Lipinski definition) is 7. The van der Waals surface area contributed by atoms with Crippen LogP contribution in [0.3, 0.4) is 0 Å². The lowest BCUT2D eigenvalue weighted by atomic mass is 9.81. The van der Waals surface area contributed by atoms with Crippen molar-refractivity contribution in [3.63, 3.8) is 0 Å². The quantitative estimate of drug-likeness (QED) is 0.567. The average Bonchev–Trinajstić information content (AvgIpc) is 3.45. The van der Waals surface area contributed by atoms with Crippen molar-refractivity contribution in [1.29, 1.82) is 0 Å². The van der Waals surface area contributed by atoms with Gasteiger partial charge in [0.2, 0.25) is 0 Å². The number of hydrogen-bond donors (Lipinski definition) is 3. The highest BCUT2D eigenvalue weighted by molar-refractivity contribution is 5.81. The third-order valence-electron chi connectivity index (χ3n) is 7.18. The molecular formula is C24H34N8. The van der Waals surface area contributed by atoms with Gasteiger partial charge in [0.25, 0.3) is 0 Å². The Hall–Kier alpha value is -2.84. The van der Waals surface area contributed by atoms with E-state index in [0.29, 0.717) is 17.8 Å². The van der Waals surface area contributed by atoms with Gasteiger partial charge in [0, 0.05) is 54.5 Å². The Bertz CT molecular complexity index is 1070. The van der Waals surface area contributed by atoms with Gasteiger partial charge in [-0.25, -0.2) is 9.50 Å². The lowest BCUT2D eigenvalue weighted by molar-refractivity contribution is 0.315. The zero-order chi connectivity index (χ0) is 22.2. The van der Waals surface area contributed by atoms with E-state index in [-0.39, 0.29) is 6.04 Å². The van der Waals surface area contributed by atoms with E-state index in [1.54, 1.807) is 10.7 Å². The summed E-state index contributed by atoms with van der Waals surface area (Å²) in [6, 6.07) is 9.61. The molecule has 3 heterocycles. The smallest absolute Gasteiger partial charge is 0.177 e. The van der Waals surface area contributed by atoms with Crippen LogP contribution in [0.1, 0.15) is 43.6 Å². The van der Waals surface area contributed by atoms with Crippen molar-refractivity contribution in [3.05, 3.63) is 42.2 Å². The summed E-state index contributed by atoms with van der Waals surface area (Å²) in [4.78, 5) is 9.36. The van der Waals surface area contributed by atoms with Crippen LogP contribution in [0.5, 0.6) is 0 Å². The fraction of sp³-hybridized carbons (Fsp3) is 0.500. The first-order valence-electron chi connectivity index (χ1n) is 11.7. The highest BCUT2D eigenvalue weighted by Gasteiger charge is 2.27. The van der Waals surface area contributed by atoms with E-state index in [9.17, 15) is 0 Å². The molecule has 5 N–H and O–H groups in total. The maximum Gasteiger partial charge on any atom is 0.177 e. The van der Waals surface area contributed by atoms with Gasteiger partial charge in [-0.3, -0.25) is 0 Å². The minimum atomic E-state index is 0.289. The molecule has 1 aliphatic heterocycles. The number of likely N-dealkylation sites (N-methyl/N-ethyl adjacent to an activating group) is 1. The number of benzene rings is 1. The highest BCUT2D eigenvalue weighted by atomic mass is 15.3. The average molecular weight is 435 g/mol. The van der Waals surface area contributed by atoms with Gasteiger partial charge in [0.15, 0.2) is 5.65 Å². The second-order valence-electron chi connectivity index (χ2n) is 9.51. The first kappa shape index (κ1) is 21.0. The number of imidazole rings is 1. The van der Waals surface area contributed by atoms with Crippen molar-refractivity contribution in [2.75, 3.05) is 43.1 Å². The van der Waals surface area contributed by atoms with Gasteiger partial charge in [0.05, 0.1) is 5.69 Å². The van der Waals surface area contributed by atoms with E-state index >= 15 is 0 Å². The second kappa shape index (κ2) is 8.60. The van der Waals surface area contributed by atoms with Crippen LogP contribution in [0.25, 0.3) is 5.65 Å². The highest BCUT2D eigenvalue weighted by Crippen LogP contribution is 2.41. The summed E-state index contributed by atoms with van der Waals surface area (Å²) in [6.07, 6.45) is 8.90. The summed E-state index contributed by atoms with van der Waals surface area (Å²) < 4.78 is 1.76. The predicted molar refractivity (Wildman–Crippen MR) is 131 cm³/mol. The van der Waals surface area contributed by atoms with Crippen LogP contribution >= 0.6 is 0 Å². The zero-order valence-corrected chi connectivity index (χ0v) is 19.0. The maximum absolute atomic E-state index is 6.47. The number of fused-ring (bicyclic) bond motifs is 1. The Morgan fingerprint density at radius 3 is 2.50 bits per heavy atom. The van der Waals surface area contributed by atoms with Crippen molar-refractivity contribution >= 4 is 28.5 Å². The third kappa shape index (κ3) is 4.00. The molecule has 0 amide bonds. The number of nitrogens with zero attached hydrogens (tertiary/aromatic N) is 5. The number of aromatic nitrogens is 3. The Labute approximate surface area is 189 Å². The molecule has 32 heavy (non-hydrogen) atoms. The normalized spacial score (nSPS) is 23.9. The molecule has 0 radical (unpaired) electrons. The molecule has 1 atom stereocenters.